The maximum Gasteiger partial charge on any atom is 0.140 e. The van der Waals surface area contributed by atoms with Crippen molar-refractivity contribution in [2.24, 2.45) is 5.73 Å². The van der Waals surface area contributed by atoms with E-state index < -0.39 is 0 Å². The van der Waals surface area contributed by atoms with Gasteiger partial charge in [0.05, 0.1) is 5.69 Å². The van der Waals surface area contributed by atoms with Crippen molar-refractivity contribution in [3.05, 3.63) is 45.4 Å². The van der Waals surface area contributed by atoms with Crippen molar-refractivity contribution in [3.63, 3.8) is 0 Å². The van der Waals surface area contributed by atoms with Gasteiger partial charge in [0.15, 0.2) is 0 Å². The van der Waals surface area contributed by atoms with Gasteiger partial charge >= 0.3 is 0 Å². The Balaban J connectivity index is 2.05. The molecular formula is C15H20N2OS. The van der Waals surface area contributed by atoms with Gasteiger partial charge in [-0.1, -0.05) is 24.6 Å². The SMILES string of the molecule is CCc1nc(COc2ccc(C)cc2)sc1C(C)N. The average Bonchev–Trinajstić information content (AvgIpc) is 2.81. The molecule has 0 fully saturated rings. The van der Waals surface area contributed by atoms with Gasteiger partial charge in [0.25, 0.3) is 0 Å². The topological polar surface area (TPSA) is 48.1 Å². The summed E-state index contributed by atoms with van der Waals surface area (Å²) in [5, 5.41) is 0.990. The van der Waals surface area contributed by atoms with Crippen molar-refractivity contribution in [2.75, 3.05) is 0 Å². The summed E-state index contributed by atoms with van der Waals surface area (Å²) in [6.45, 7) is 6.67. The van der Waals surface area contributed by atoms with E-state index in [-0.39, 0.29) is 6.04 Å². The van der Waals surface area contributed by atoms with Crippen LogP contribution in [-0.4, -0.2) is 4.98 Å². The van der Waals surface area contributed by atoms with Crippen LogP contribution in [0.15, 0.2) is 24.3 Å². The first kappa shape index (κ1) is 14.0. The minimum Gasteiger partial charge on any atom is -0.486 e. The van der Waals surface area contributed by atoms with Gasteiger partial charge in [-0.3, -0.25) is 0 Å². The molecule has 0 aliphatic rings. The Hall–Kier alpha value is -1.39. The van der Waals surface area contributed by atoms with E-state index in [0.29, 0.717) is 6.61 Å². The van der Waals surface area contributed by atoms with Gasteiger partial charge < -0.3 is 10.5 Å². The maximum absolute atomic E-state index is 5.96. The number of benzene rings is 1. The molecule has 1 heterocycles. The number of aryl methyl sites for hydroxylation is 2. The molecule has 2 N–H and O–H groups in total. The molecule has 0 amide bonds. The molecular weight excluding hydrogens is 256 g/mol. The molecule has 1 atom stereocenters. The molecule has 0 bridgehead atoms. The molecule has 4 heteroatoms. The molecule has 3 nitrogen and oxygen atoms in total. The van der Waals surface area contributed by atoms with E-state index >= 15 is 0 Å². The number of hydrogen-bond acceptors (Lipinski definition) is 4. The second-order valence-electron chi connectivity index (χ2n) is 4.66. The lowest BCUT2D eigenvalue weighted by Gasteiger charge is -2.03. The standard InChI is InChI=1S/C15H20N2OS/c1-4-13-15(11(3)16)19-14(17-13)9-18-12-7-5-10(2)6-8-12/h5-8,11H,4,9,16H2,1-3H3. The van der Waals surface area contributed by atoms with Crippen LogP contribution in [0.2, 0.25) is 0 Å². The Bertz CT molecular complexity index is 532. The van der Waals surface area contributed by atoms with Crippen LogP contribution in [0.5, 0.6) is 5.75 Å². The van der Waals surface area contributed by atoms with Crippen LogP contribution in [0.3, 0.4) is 0 Å². The Kier molecular flexibility index (Phi) is 4.56. The number of nitrogens with two attached hydrogens (primary N) is 1. The summed E-state index contributed by atoms with van der Waals surface area (Å²) in [5.74, 6) is 0.876. The van der Waals surface area contributed by atoms with Crippen LogP contribution < -0.4 is 10.5 Å². The maximum atomic E-state index is 5.96. The van der Waals surface area contributed by atoms with E-state index in [1.165, 1.54) is 10.4 Å². The van der Waals surface area contributed by atoms with Crippen molar-refractivity contribution in [1.82, 2.24) is 4.98 Å². The number of rotatable bonds is 5. The highest BCUT2D eigenvalue weighted by Gasteiger charge is 2.13. The monoisotopic (exact) mass is 276 g/mol. The molecule has 0 spiro atoms. The van der Waals surface area contributed by atoms with Crippen molar-refractivity contribution in [2.45, 2.75) is 39.8 Å². The summed E-state index contributed by atoms with van der Waals surface area (Å²) in [4.78, 5) is 5.77. The van der Waals surface area contributed by atoms with Crippen molar-refractivity contribution in [3.8, 4) is 5.75 Å². The molecule has 0 radical (unpaired) electrons. The fraction of sp³-hybridized carbons (Fsp3) is 0.400. The van der Waals surface area contributed by atoms with E-state index in [0.717, 1.165) is 22.9 Å². The fourth-order valence-electron chi connectivity index (χ4n) is 1.86. The van der Waals surface area contributed by atoms with Gasteiger partial charge in [0.1, 0.15) is 17.4 Å². The van der Waals surface area contributed by atoms with Crippen LogP contribution in [0, 0.1) is 6.92 Å². The first-order valence-corrected chi connectivity index (χ1v) is 7.35. The molecule has 0 aliphatic carbocycles. The lowest BCUT2D eigenvalue weighted by atomic mass is 10.2. The van der Waals surface area contributed by atoms with Gasteiger partial charge in [0.2, 0.25) is 0 Å². The molecule has 1 aromatic heterocycles. The van der Waals surface area contributed by atoms with Gasteiger partial charge in [0, 0.05) is 10.9 Å². The summed E-state index contributed by atoms with van der Waals surface area (Å²) in [6.07, 6.45) is 0.915. The predicted octanol–water partition coefficient (Wildman–Crippen LogP) is 3.61. The second kappa shape index (κ2) is 6.17. The Morgan fingerprint density at radius 3 is 2.53 bits per heavy atom. The van der Waals surface area contributed by atoms with Crippen LogP contribution in [-0.2, 0) is 13.0 Å². The Morgan fingerprint density at radius 1 is 1.32 bits per heavy atom. The number of aromatic nitrogens is 1. The van der Waals surface area contributed by atoms with E-state index in [4.69, 9.17) is 10.5 Å². The minimum absolute atomic E-state index is 0.0422. The Morgan fingerprint density at radius 2 is 2.00 bits per heavy atom. The molecule has 0 aliphatic heterocycles. The number of hydrogen-bond donors (Lipinski definition) is 1. The predicted molar refractivity (Wildman–Crippen MR) is 79.6 cm³/mol. The Labute approximate surface area is 118 Å². The molecule has 1 unspecified atom stereocenters. The number of ether oxygens (including phenoxy) is 1. The van der Waals surface area contributed by atoms with Crippen molar-refractivity contribution < 1.29 is 4.74 Å². The van der Waals surface area contributed by atoms with Crippen LogP contribution in [0.1, 0.15) is 41.0 Å². The normalized spacial score (nSPS) is 12.4. The second-order valence-corrected chi connectivity index (χ2v) is 5.78. The molecule has 19 heavy (non-hydrogen) atoms. The third kappa shape index (κ3) is 3.55. The third-order valence-corrected chi connectivity index (χ3v) is 4.18. The number of nitrogens with zero attached hydrogens (tertiary/aromatic N) is 1. The van der Waals surface area contributed by atoms with Crippen LogP contribution >= 0.6 is 11.3 Å². The third-order valence-electron chi connectivity index (χ3n) is 2.90. The summed E-state index contributed by atoms with van der Waals surface area (Å²) in [6, 6.07) is 8.09. The van der Waals surface area contributed by atoms with E-state index in [1.807, 2.05) is 31.2 Å². The summed E-state index contributed by atoms with van der Waals surface area (Å²) in [7, 11) is 0. The van der Waals surface area contributed by atoms with E-state index in [9.17, 15) is 0 Å². The highest BCUT2D eigenvalue weighted by Crippen LogP contribution is 2.25. The fourth-order valence-corrected chi connectivity index (χ4v) is 2.89. The van der Waals surface area contributed by atoms with Gasteiger partial charge in [-0.05, 0) is 32.4 Å². The number of thiazole rings is 1. The van der Waals surface area contributed by atoms with Crippen LogP contribution in [0.4, 0.5) is 0 Å². The zero-order chi connectivity index (χ0) is 13.8. The summed E-state index contributed by atoms with van der Waals surface area (Å²) >= 11 is 1.65. The zero-order valence-corrected chi connectivity index (χ0v) is 12.5. The van der Waals surface area contributed by atoms with Crippen molar-refractivity contribution in [1.29, 1.82) is 0 Å². The highest BCUT2D eigenvalue weighted by atomic mass is 32.1. The first-order valence-electron chi connectivity index (χ1n) is 6.53. The van der Waals surface area contributed by atoms with E-state index in [2.05, 4.69) is 18.8 Å². The van der Waals surface area contributed by atoms with Gasteiger partial charge in [-0.25, -0.2) is 4.98 Å². The van der Waals surface area contributed by atoms with Gasteiger partial charge in [-0.15, -0.1) is 11.3 Å². The highest BCUT2D eigenvalue weighted by molar-refractivity contribution is 7.11. The molecule has 2 aromatic rings. The first-order chi connectivity index (χ1) is 9.10. The molecule has 102 valence electrons. The lowest BCUT2D eigenvalue weighted by molar-refractivity contribution is 0.305. The zero-order valence-electron chi connectivity index (χ0n) is 11.6. The molecule has 0 saturated carbocycles. The molecule has 0 saturated heterocycles. The molecule has 2 rings (SSSR count). The average molecular weight is 276 g/mol. The lowest BCUT2D eigenvalue weighted by Crippen LogP contribution is -2.05. The van der Waals surface area contributed by atoms with Gasteiger partial charge in [-0.2, -0.15) is 0 Å². The summed E-state index contributed by atoms with van der Waals surface area (Å²) < 4.78 is 5.75. The van der Waals surface area contributed by atoms with Crippen molar-refractivity contribution >= 4 is 11.3 Å². The van der Waals surface area contributed by atoms with E-state index in [1.54, 1.807) is 11.3 Å². The summed E-state index contributed by atoms with van der Waals surface area (Å²) in [5.41, 5.74) is 8.29. The largest absolute Gasteiger partial charge is 0.486 e. The van der Waals surface area contributed by atoms with Crippen LogP contribution in [0.25, 0.3) is 0 Å². The smallest absolute Gasteiger partial charge is 0.140 e. The minimum atomic E-state index is 0.0422. The molecule has 1 aromatic carbocycles. The quantitative estimate of drug-likeness (QED) is 0.907.